The van der Waals surface area contributed by atoms with E-state index >= 15 is 0 Å². The average molecular weight is 336 g/mol. The normalized spacial score (nSPS) is 11.1. The van der Waals surface area contributed by atoms with E-state index in [0.29, 0.717) is 10.4 Å². The van der Waals surface area contributed by atoms with Crippen LogP contribution in [-0.2, 0) is 14.8 Å². The highest BCUT2D eigenvalue weighted by Gasteiger charge is 2.24. The molecular weight excluding hydrogens is 321 g/mol. The molecular formula is C13H15F3N2O3S. The predicted molar refractivity (Wildman–Crippen MR) is 76.3 cm³/mol. The van der Waals surface area contributed by atoms with Crippen LogP contribution in [0.2, 0.25) is 0 Å². The molecule has 0 saturated heterocycles. The fraction of sp³-hybridized carbons (Fsp3) is 0.308. The first-order valence-corrected chi connectivity index (χ1v) is 8.02. The fourth-order valence-electron chi connectivity index (χ4n) is 1.65. The summed E-state index contributed by atoms with van der Waals surface area (Å²) in [6.07, 6.45) is 1.93. The lowest BCUT2D eigenvalue weighted by Gasteiger charge is -2.22. The molecule has 1 rings (SSSR count). The molecule has 1 aromatic carbocycles. The first-order chi connectivity index (χ1) is 10.2. The van der Waals surface area contributed by atoms with Crippen LogP contribution in [0.3, 0.4) is 0 Å². The van der Waals surface area contributed by atoms with E-state index in [1.807, 2.05) is 0 Å². The minimum atomic E-state index is -3.98. The number of hydrogen-bond donors (Lipinski definition) is 1. The molecule has 0 spiro atoms. The molecule has 1 amide bonds. The van der Waals surface area contributed by atoms with Gasteiger partial charge in [-0.2, -0.15) is 0 Å². The van der Waals surface area contributed by atoms with Crippen molar-refractivity contribution in [1.82, 2.24) is 5.32 Å². The molecule has 1 N–H and O–H groups in total. The summed E-state index contributed by atoms with van der Waals surface area (Å²) in [6.45, 7) is 3.18. The average Bonchev–Trinajstić information content (AvgIpc) is 2.43. The minimum Gasteiger partial charge on any atom is -0.353 e. The van der Waals surface area contributed by atoms with E-state index in [1.165, 1.54) is 6.08 Å². The van der Waals surface area contributed by atoms with Gasteiger partial charge in [0.05, 0.1) is 11.9 Å². The van der Waals surface area contributed by atoms with Crippen LogP contribution >= 0.6 is 0 Å². The van der Waals surface area contributed by atoms with Crippen LogP contribution in [0.5, 0.6) is 0 Å². The number of hydrogen-bond acceptors (Lipinski definition) is 3. The SMILES string of the molecule is C=CCNC(=O)CCN(c1ccc(F)c(F)c1F)S(C)(=O)=O. The van der Waals surface area contributed by atoms with E-state index in [1.54, 1.807) is 0 Å². The smallest absolute Gasteiger partial charge is 0.232 e. The molecule has 1 aromatic rings. The second-order valence-electron chi connectivity index (χ2n) is 4.37. The molecule has 0 atom stereocenters. The van der Waals surface area contributed by atoms with Crippen molar-refractivity contribution in [3.05, 3.63) is 42.2 Å². The summed E-state index contributed by atoms with van der Waals surface area (Å²) in [7, 11) is -3.98. The Morgan fingerprint density at radius 1 is 1.32 bits per heavy atom. The Morgan fingerprint density at radius 3 is 2.50 bits per heavy atom. The summed E-state index contributed by atoms with van der Waals surface area (Å²) >= 11 is 0. The lowest BCUT2D eigenvalue weighted by atomic mass is 10.2. The van der Waals surface area contributed by atoms with Gasteiger partial charge in [-0.1, -0.05) is 6.08 Å². The van der Waals surface area contributed by atoms with Crippen molar-refractivity contribution in [2.45, 2.75) is 6.42 Å². The zero-order valence-electron chi connectivity index (χ0n) is 11.8. The summed E-state index contributed by atoms with van der Waals surface area (Å²) in [5, 5.41) is 2.42. The molecule has 0 heterocycles. The Kier molecular flexibility index (Phi) is 5.98. The maximum absolute atomic E-state index is 13.7. The van der Waals surface area contributed by atoms with Crippen molar-refractivity contribution < 1.29 is 26.4 Å². The Bertz CT molecular complexity index is 677. The summed E-state index contributed by atoms with van der Waals surface area (Å²) < 4.78 is 63.8. The van der Waals surface area contributed by atoms with Crippen LogP contribution < -0.4 is 9.62 Å². The van der Waals surface area contributed by atoms with E-state index in [2.05, 4.69) is 11.9 Å². The van der Waals surface area contributed by atoms with E-state index in [4.69, 9.17) is 0 Å². The Morgan fingerprint density at radius 2 is 1.95 bits per heavy atom. The zero-order chi connectivity index (χ0) is 16.9. The molecule has 0 bridgehead atoms. The Hall–Kier alpha value is -2.03. The molecule has 0 aliphatic carbocycles. The molecule has 0 aromatic heterocycles. The van der Waals surface area contributed by atoms with Crippen molar-refractivity contribution in [3.8, 4) is 0 Å². The third-order valence-corrected chi connectivity index (χ3v) is 3.85. The number of halogens is 3. The van der Waals surface area contributed by atoms with Crippen molar-refractivity contribution in [3.63, 3.8) is 0 Å². The van der Waals surface area contributed by atoms with Gasteiger partial charge in [-0.25, -0.2) is 21.6 Å². The van der Waals surface area contributed by atoms with Gasteiger partial charge in [0.2, 0.25) is 15.9 Å². The molecule has 5 nitrogen and oxygen atoms in total. The molecule has 0 radical (unpaired) electrons. The molecule has 122 valence electrons. The largest absolute Gasteiger partial charge is 0.353 e. The topological polar surface area (TPSA) is 66.5 Å². The van der Waals surface area contributed by atoms with Gasteiger partial charge in [0.25, 0.3) is 0 Å². The molecule has 9 heteroatoms. The predicted octanol–water partition coefficient (Wildman–Crippen LogP) is 1.56. The van der Waals surface area contributed by atoms with Gasteiger partial charge in [-0.05, 0) is 12.1 Å². The van der Waals surface area contributed by atoms with Crippen LogP contribution in [0.25, 0.3) is 0 Å². The van der Waals surface area contributed by atoms with Crippen LogP contribution in [0.15, 0.2) is 24.8 Å². The highest BCUT2D eigenvalue weighted by atomic mass is 32.2. The number of nitrogens with zero attached hydrogens (tertiary/aromatic N) is 1. The number of anilines is 1. The third kappa shape index (κ3) is 4.48. The second kappa shape index (κ2) is 7.30. The maximum atomic E-state index is 13.7. The number of benzene rings is 1. The highest BCUT2D eigenvalue weighted by molar-refractivity contribution is 7.92. The number of nitrogens with one attached hydrogen (secondary N) is 1. The second-order valence-corrected chi connectivity index (χ2v) is 6.28. The quantitative estimate of drug-likeness (QED) is 0.607. The molecule has 0 fully saturated rings. The van der Waals surface area contributed by atoms with Crippen molar-refractivity contribution in [2.75, 3.05) is 23.7 Å². The van der Waals surface area contributed by atoms with Crippen molar-refractivity contribution in [1.29, 1.82) is 0 Å². The summed E-state index contributed by atoms with van der Waals surface area (Å²) in [4.78, 5) is 11.5. The maximum Gasteiger partial charge on any atom is 0.232 e. The lowest BCUT2D eigenvalue weighted by Crippen LogP contribution is -2.35. The lowest BCUT2D eigenvalue weighted by molar-refractivity contribution is -0.120. The van der Waals surface area contributed by atoms with Gasteiger partial charge in [0.1, 0.15) is 0 Å². The van der Waals surface area contributed by atoms with Crippen molar-refractivity contribution >= 4 is 21.6 Å². The van der Waals surface area contributed by atoms with Crippen LogP contribution in [0, 0.1) is 17.5 Å². The standard InChI is InChI=1S/C13H15F3N2O3S/c1-3-7-17-11(19)6-8-18(22(2,20)21)10-5-4-9(14)12(15)13(10)16/h3-5H,1,6-8H2,2H3,(H,17,19). The van der Waals surface area contributed by atoms with E-state index in [0.717, 1.165) is 12.3 Å². The number of sulfonamides is 1. The minimum absolute atomic E-state index is 0.192. The van der Waals surface area contributed by atoms with E-state index in [9.17, 15) is 26.4 Å². The highest BCUT2D eigenvalue weighted by Crippen LogP contribution is 2.25. The fourth-order valence-corrected chi connectivity index (χ4v) is 2.57. The Balaban J connectivity index is 3.03. The monoisotopic (exact) mass is 336 g/mol. The molecule has 0 aliphatic rings. The van der Waals surface area contributed by atoms with Crippen LogP contribution in [0.1, 0.15) is 6.42 Å². The van der Waals surface area contributed by atoms with Gasteiger partial charge >= 0.3 is 0 Å². The van der Waals surface area contributed by atoms with E-state index < -0.39 is 45.6 Å². The number of carbonyl (C=O) groups excluding carboxylic acids is 1. The van der Waals surface area contributed by atoms with Crippen LogP contribution in [0.4, 0.5) is 18.9 Å². The van der Waals surface area contributed by atoms with Crippen LogP contribution in [-0.4, -0.2) is 33.7 Å². The third-order valence-electron chi connectivity index (χ3n) is 2.67. The Labute approximate surface area is 126 Å². The first kappa shape index (κ1) is 18.0. The molecule has 0 unspecified atom stereocenters. The van der Waals surface area contributed by atoms with Gasteiger partial charge in [-0.15, -0.1) is 6.58 Å². The van der Waals surface area contributed by atoms with Gasteiger partial charge in [0.15, 0.2) is 17.5 Å². The summed E-state index contributed by atoms with van der Waals surface area (Å²) in [6, 6.07) is 1.42. The number of rotatable bonds is 7. The number of amides is 1. The van der Waals surface area contributed by atoms with Crippen molar-refractivity contribution in [2.24, 2.45) is 0 Å². The molecule has 0 saturated carbocycles. The summed E-state index contributed by atoms with van der Waals surface area (Å²) in [5.74, 6) is -5.32. The van der Waals surface area contributed by atoms with Gasteiger partial charge in [-0.3, -0.25) is 9.10 Å². The summed E-state index contributed by atoms with van der Waals surface area (Å²) in [5.41, 5.74) is -0.655. The molecule has 22 heavy (non-hydrogen) atoms. The molecule has 0 aliphatic heterocycles. The zero-order valence-corrected chi connectivity index (χ0v) is 12.6. The van der Waals surface area contributed by atoms with E-state index in [-0.39, 0.29) is 13.0 Å². The first-order valence-electron chi connectivity index (χ1n) is 6.17. The number of carbonyl (C=O) groups is 1. The van der Waals surface area contributed by atoms with Gasteiger partial charge in [0, 0.05) is 19.5 Å². The van der Waals surface area contributed by atoms with Gasteiger partial charge < -0.3 is 5.32 Å².